The smallest absolute Gasteiger partial charge is 0.233 e. The largest absolute Gasteiger partial charge is 0.331 e. The minimum atomic E-state index is -0.124. The van der Waals surface area contributed by atoms with Gasteiger partial charge in [0.15, 0.2) is 0 Å². The molecule has 1 N–H and O–H groups in total. The molecule has 2 atom stereocenters. The highest BCUT2D eigenvalue weighted by Gasteiger charge is 2.47. The Morgan fingerprint density at radius 1 is 0.964 bits per heavy atom. The molecule has 28 heavy (non-hydrogen) atoms. The van der Waals surface area contributed by atoms with E-state index < -0.39 is 0 Å². The van der Waals surface area contributed by atoms with Crippen molar-refractivity contribution in [2.75, 3.05) is 32.7 Å². The van der Waals surface area contributed by atoms with Gasteiger partial charge in [-0.2, -0.15) is 0 Å². The number of amides is 3. The van der Waals surface area contributed by atoms with Gasteiger partial charge >= 0.3 is 0 Å². The molecule has 2 heterocycles. The summed E-state index contributed by atoms with van der Waals surface area (Å²) in [6, 6.07) is 10.4. The molecular formula is C22H30N3O3+. The molecule has 3 amide bonds. The lowest BCUT2D eigenvalue weighted by Crippen LogP contribution is -3.13. The number of hydrogen-bond acceptors (Lipinski definition) is 3. The molecule has 1 aromatic carbocycles. The van der Waals surface area contributed by atoms with Crippen LogP contribution in [0.15, 0.2) is 30.3 Å². The molecule has 1 aliphatic carbocycles. The molecule has 2 aliphatic heterocycles. The van der Waals surface area contributed by atoms with E-state index in [2.05, 4.69) is 24.3 Å². The standard InChI is InChI=1S/C22H29N3O3/c26-20(10-11-25-21(27)18-8-4-5-9-19(18)22(25)28)24-14-12-23(13-15-24)16-17-6-2-1-3-7-17/h1-3,6-7,18-19H,4-5,8-16H2/p+1/t18-,19+. The lowest BCUT2D eigenvalue weighted by Gasteiger charge is -2.32. The van der Waals surface area contributed by atoms with Crippen LogP contribution in [0.2, 0.25) is 0 Å². The van der Waals surface area contributed by atoms with E-state index in [1.165, 1.54) is 15.4 Å². The van der Waals surface area contributed by atoms with Crippen LogP contribution >= 0.6 is 0 Å². The number of hydrogen-bond donors (Lipinski definition) is 1. The van der Waals surface area contributed by atoms with E-state index in [-0.39, 0.29) is 42.5 Å². The van der Waals surface area contributed by atoms with E-state index in [4.69, 9.17) is 0 Å². The van der Waals surface area contributed by atoms with Gasteiger partial charge in [-0.1, -0.05) is 43.2 Å². The first-order valence-electron chi connectivity index (χ1n) is 10.6. The number of piperazine rings is 1. The summed E-state index contributed by atoms with van der Waals surface area (Å²) in [5.41, 5.74) is 1.32. The summed E-state index contributed by atoms with van der Waals surface area (Å²) >= 11 is 0. The zero-order chi connectivity index (χ0) is 19.5. The SMILES string of the molecule is O=C(CCN1C(=O)[C@H]2CCCC[C@H]2C1=O)N1CC[NH+](Cc2ccccc2)CC1. The molecule has 2 saturated heterocycles. The number of quaternary nitrogens is 1. The maximum Gasteiger partial charge on any atom is 0.233 e. The first-order chi connectivity index (χ1) is 13.6. The number of rotatable bonds is 5. The fourth-order valence-electron chi connectivity index (χ4n) is 4.95. The van der Waals surface area contributed by atoms with Gasteiger partial charge in [0.25, 0.3) is 0 Å². The summed E-state index contributed by atoms with van der Waals surface area (Å²) in [6.45, 7) is 4.60. The Morgan fingerprint density at radius 3 is 2.18 bits per heavy atom. The van der Waals surface area contributed by atoms with Crippen LogP contribution in [-0.4, -0.2) is 60.2 Å². The lowest BCUT2D eigenvalue weighted by atomic mass is 9.81. The Balaban J connectivity index is 1.24. The summed E-state index contributed by atoms with van der Waals surface area (Å²) in [4.78, 5) is 42.4. The topological polar surface area (TPSA) is 62.1 Å². The van der Waals surface area contributed by atoms with Gasteiger partial charge in [0.2, 0.25) is 17.7 Å². The van der Waals surface area contributed by atoms with Crippen molar-refractivity contribution in [1.82, 2.24) is 9.80 Å². The fourth-order valence-corrected chi connectivity index (χ4v) is 4.95. The van der Waals surface area contributed by atoms with Gasteiger partial charge in [-0.25, -0.2) is 0 Å². The van der Waals surface area contributed by atoms with Crippen LogP contribution in [0.1, 0.15) is 37.7 Å². The molecule has 0 bridgehead atoms. The van der Waals surface area contributed by atoms with Crippen LogP contribution in [-0.2, 0) is 20.9 Å². The summed E-state index contributed by atoms with van der Waals surface area (Å²) in [5, 5.41) is 0. The number of imide groups is 1. The maximum absolute atomic E-state index is 12.6. The molecule has 1 saturated carbocycles. The van der Waals surface area contributed by atoms with E-state index in [1.807, 2.05) is 11.0 Å². The molecule has 0 unspecified atom stereocenters. The zero-order valence-electron chi connectivity index (χ0n) is 16.4. The first kappa shape index (κ1) is 19.1. The average Bonchev–Trinajstić information content (AvgIpc) is 2.98. The lowest BCUT2D eigenvalue weighted by molar-refractivity contribution is -0.917. The Labute approximate surface area is 166 Å². The molecule has 3 aliphatic rings. The number of carbonyl (C=O) groups is 3. The van der Waals surface area contributed by atoms with Crippen LogP contribution < -0.4 is 4.90 Å². The Bertz CT molecular complexity index is 704. The van der Waals surface area contributed by atoms with Crippen molar-refractivity contribution in [1.29, 1.82) is 0 Å². The van der Waals surface area contributed by atoms with Crippen molar-refractivity contribution < 1.29 is 19.3 Å². The third-order valence-corrected chi connectivity index (χ3v) is 6.60. The van der Waals surface area contributed by atoms with Crippen molar-refractivity contribution >= 4 is 17.7 Å². The van der Waals surface area contributed by atoms with E-state index in [0.29, 0.717) is 0 Å². The minimum absolute atomic E-state index is 0.0420. The van der Waals surface area contributed by atoms with Gasteiger partial charge in [0, 0.05) is 18.5 Å². The normalized spacial score (nSPS) is 25.9. The summed E-state index contributed by atoms with van der Waals surface area (Å²) in [7, 11) is 0. The van der Waals surface area contributed by atoms with Gasteiger partial charge < -0.3 is 9.80 Å². The summed E-state index contributed by atoms with van der Waals surface area (Å²) < 4.78 is 0. The number of likely N-dealkylation sites (tertiary alicyclic amines) is 1. The van der Waals surface area contributed by atoms with E-state index in [1.54, 1.807) is 0 Å². The highest BCUT2D eigenvalue weighted by molar-refractivity contribution is 6.05. The van der Waals surface area contributed by atoms with Crippen LogP contribution in [0.4, 0.5) is 0 Å². The predicted molar refractivity (Wildman–Crippen MR) is 104 cm³/mol. The van der Waals surface area contributed by atoms with Crippen LogP contribution in [0, 0.1) is 11.8 Å². The van der Waals surface area contributed by atoms with Crippen molar-refractivity contribution in [2.24, 2.45) is 11.8 Å². The third-order valence-electron chi connectivity index (χ3n) is 6.60. The predicted octanol–water partition coefficient (Wildman–Crippen LogP) is 0.479. The van der Waals surface area contributed by atoms with Gasteiger partial charge in [0.1, 0.15) is 6.54 Å². The fraction of sp³-hybridized carbons (Fsp3) is 0.591. The molecule has 150 valence electrons. The van der Waals surface area contributed by atoms with Crippen molar-refractivity contribution in [3.8, 4) is 0 Å². The highest BCUT2D eigenvalue weighted by atomic mass is 16.2. The second-order valence-electron chi connectivity index (χ2n) is 8.37. The van der Waals surface area contributed by atoms with E-state index in [9.17, 15) is 14.4 Å². The molecule has 0 radical (unpaired) electrons. The second kappa shape index (κ2) is 8.43. The molecule has 1 aromatic rings. The Hall–Kier alpha value is -2.21. The third kappa shape index (κ3) is 3.97. The van der Waals surface area contributed by atoms with Crippen molar-refractivity contribution in [3.63, 3.8) is 0 Å². The van der Waals surface area contributed by atoms with Crippen LogP contribution in [0.25, 0.3) is 0 Å². The van der Waals surface area contributed by atoms with Gasteiger partial charge in [0.05, 0.1) is 38.0 Å². The highest BCUT2D eigenvalue weighted by Crippen LogP contribution is 2.37. The van der Waals surface area contributed by atoms with E-state index in [0.717, 1.165) is 58.4 Å². The van der Waals surface area contributed by atoms with Gasteiger partial charge in [-0.15, -0.1) is 0 Å². The first-order valence-corrected chi connectivity index (χ1v) is 10.6. The minimum Gasteiger partial charge on any atom is -0.331 e. The number of fused-ring (bicyclic) bond motifs is 1. The van der Waals surface area contributed by atoms with Gasteiger partial charge in [-0.3, -0.25) is 19.3 Å². The molecule has 0 aromatic heterocycles. The number of carbonyl (C=O) groups excluding carboxylic acids is 3. The average molecular weight is 385 g/mol. The molecule has 0 spiro atoms. The summed E-state index contributed by atoms with van der Waals surface area (Å²) in [6.07, 6.45) is 3.97. The van der Waals surface area contributed by atoms with Gasteiger partial charge in [-0.05, 0) is 12.8 Å². The Morgan fingerprint density at radius 2 is 1.57 bits per heavy atom. The molecule has 3 fully saturated rings. The van der Waals surface area contributed by atoms with E-state index >= 15 is 0 Å². The monoisotopic (exact) mass is 384 g/mol. The number of benzene rings is 1. The second-order valence-corrected chi connectivity index (χ2v) is 8.37. The van der Waals surface area contributed by atoms with Crippen molar-refractivity contribution in [3.05, 3.63) is 35.9 Å². The quantitative estimate of drug-likeness (QED) is 0.751. The molecule has 6 nitrogen and oxygen atoms in total. The Kier molecular flexibility index (Phi) is 5.76. The number of nitrogens with zero attached hydrogens (tertiary/aromatic N) is 2. The maximum atomic E-state index is 12.6. The van der Waals surface area contributed by atoms with Crippen LogP contribution in [0.5, 0.6) is 0 Å². The molecule has 6 heteroatoms. The molecular weight excluding hydrogens is 354 g/mol. The molecule has 4 rings (SSSR count). The van der Waals surface area contributed by atoms with Crippen LogP contribution in [0.3, 0.4) is 0 Å². The zero-order valence-corrected chi connectivity index (χ0v) is 16.4. The summed E-state index contributed by atoms with van der Waals surface area (Å²) in [5.74, 6) is -0.267. The number of nitrogens with one attached hydrogen (secondary N) is 1. The van der Waals surface area contributed by atoms with Crippen molar-refractivity contribution in [2.45, 2.75) is 38.6 Å².